The Morgan fingerprint density at radius 1 is 1.09 bits per heavy atom. The molecule has 2 N–H and O–H groups in total. The van der Waals surface area contributed by atoms with Crippen LogP contribution < -0.4 is 10.6 Å². The first-order chi connectivity index (χ1) is 10.8. The molecular weight excluding hydrogens is 300 g/mol. The molecule has 1 unspecified atom stereocenters. The molecular formula is C15H28N4O4. The van der Waals surface area contributed by atoms with Gasteiger partial charge in [-0.25, -0.2) is 9.59 Å². The smallest absolute Gasteiger partial charge is 0.409 e. The van der Waals surface area contributed by atoms with E-state index in [0.717, 1.165) is 0 Å². The second-order valence-electron chi connectivity index (χ2n) is 6.02. The fourth-order valence-electron chi connectivity index (χ4n) is 2.21. The Kier molecular flexibility index (Phi) is 7.80. The van der Waals surface area contributed by atoms with E-state index in [2.05, 4.69) is 10.6 Å². The van der Waals surface area contributed by atoms with Crippen LogP contribution in [-0.2, 0) is 9.53 Å². The molecule has 1 heterocycles. The lowest BCUT2D eigenvalue weighted by molar-refractivity contribution is -0.125. The van der Waals surface area contributed by atoms with E-state index in [4.69, 9.17) is 4.74 Å². The molecule has 23 heavy (non-hydrogen) atoms. The van der Waals surface area contributed by atoms with Crippen LogP contribution in [-0.4, -0.2) is 73.2 Å². The number of hydrogen-bond acceptors (Lipinski definition) is 5. The summed E-state index contributed by atoms with van der Waals surface area (Å²) < 4.78 is 5.20. The van der Waals surface area contributed by atoms with Crippen LogP contribution in [0.5, 0.6) is 0 Å². The topological polar surface area (TPSA) is 91.0 Å². The van der Waals surface area contributed by atoms with Gasteiger partial charge in [-0.3, -0.25) is 15.0 Å². The minimum absolute atomic E-state index is 0.304. The Hall–Kier alpha value is -1.83. The average Bonchev–Trinajstić information content (AvgIpc) is 2.52. The number of carbonyl (C=O) groups is 3. The first-order valence-corrected chi connectivity index (χ1v) is 8.09. The molecule has 0 aromatic heterocycles. The molecule has 8 nitrogen and oxygen atoms in total. The Labute approximate surface area is 137 Å². The van der Waals surface area contributed by atoms with E-state index in [9.17, 15) is 14.4 Å². The summed E-state index contributed by atoms with van der Waals surface area (Å²) in [5.41, 5.74) is 0. The molecule has 1 fully saturated rings. The van der Waals surface area contributed by atoms with Crippen molar-refractivity contribution in [3.8, 4) is 0 Å². The number of ether oxygens (including phenoxy) is 1. The number of carbonyl (C=O) groups excluding carboxylic acids is 3. The zero-order valence-electron chi connectivity index (χ0n) is 14.4. The standard InChI is InChI=1S/C15H28N4O4/c1-5-16-14(21)17-13(20)12(4)18-6-8-19(9-7-18)15(22)23-10-11(2)3/h11-12H,5-10H2,1-4H3,(H2,16,17,20,21). The van der Waals surface area contributed by atoms with E-state index in [-0.39, 0.29) is 12.0 Å². The quantitative estimate of drug-likeness (QED) is 0.772. The molecule has 0 radical (unpaired) electrons. The lowest BCUT2D eigenvalue weighted by Gasteiger charge is -2.36. The van der Waals surface area contributed by atoms with Gasteiger partial charge in [0.15, 0.2) is 0 Å². The summed E-state index contributed by atoms with van der Waals surface area (Å²) in [5, 5.41) is 4.83. The van der Waals surface area contributed by atoms with Gasteiger partial charge >= 0.3 is 12.1 Å². The van der Waals surface area contributed by atoms with Crippen LogP contribution in [0.15, 0.2) is 0 Å². The van der Waals surface area contributed by atoms with E-state index in [1.807, 2.05) is 18.7 Å². The highest BCUT2D eigenvalue weighted by atomic mass is 16.6. The van der Waals surface area contributed by atoms with E-state index in [0.29, 0.717) is 45.2 Å². The molecule has 0 aromatic rings. The zero-order chi connectivity index (χ0) is 17.4. The van der Waals surface area contributed by atoms with Gasteiger partial charge < -0.3 is 15.0 Å². The number of rotatable bonds is 5. The van der Waals surface area contributed by atoms with Crippen molar-refractivity contribution in [3.63, 3.8) is 0 Å². The van der Waals surface area contributed by atoms with Crippen molar-refractivity contribution in [2.75, 3.05) is 39.3 Å². The fourth-order valence-corrected chi connectivity index (χ4v) is 2.21. The number of piperazine rings is 1. The van der Waals surface area contributed by atoms with Crippen LogP contribution in [0.4, 0.5) is 9.59 Å². The van der Waals surface area contributed by atoms with E-state index >= 15 is 0 Å². The summed E-state index contributed by atoms with van der Waals surface area (Å²) in [6, 6.07) is -0.910. The number of hydrogen-bond donors (Lipinski definition) is 2. The van der Waals surface area contributed by atoms with Crippen molar-refractivity contribution < 1.29 is 19.1 Å². The molecule has 0 aliphatic carbocycles. The molecule has 132 valence electrons. The van der Waals surface area contributed by atoms with Gasteiger partial charge in [-0.2, -0.15) is 0 Å². The summed E-state index contributed by atoms with van der Waals surface area (Å²) in [7, 11) is 0. The maximum Gasteiger partial charge on any atom is 0.409 e. The molecule has 0 aromatic carbocycles. The van der Waals surface area contributed by atoms with Crippen LogP contribution in [0.3, 0.4) is 0 Å². The normalized spacial score (nSPS) is 16.8. The van der Waals surface area contributed by atoms with E-state index in [1.165, 1.54) is 0 Å². The van der Waals surface area contributed by atoms with Crippen molar-refractivity contribution in [1.29, 1.82) is 0 Å². The van der Waals surface area contributed by atoms with Crippen molar-refractivity contribution in [2.45, 2.75) is 33.7 Å². The van der Waals surface area contributed by atoms with Gasteiger partial charge in [-0.05, 0) is 19.8 Å². The van der Waals surface area contributed by atoms with Crippen LogP contribution in [0.2, 0.25) is 0 Å². The molecule has 0 spiro atoms. The van der Waals surface area contributed by atoms with Gasteiger partial charge in [0.25, 0.3) is 0 Å². The third-order valence-corrected chi connectivity index (χ3v) is 3.61. The first kappa shape index (κ1) is 19.2. The third-order valence-electron chi connectivity index (χ3n) is 3.61. The second kappa shape index (κ2) is 9.34. The molecule has 1 atom stereocenters. The fraction of sp³-hybridized carbons (Fsp3) is 0.800. The molecule has 1 rings (SSSR count). The van der Waals surface area contributed by atoms with Gasteiger partial charge in [0.1, 0.15) is 0 Å². The number of imide groups is 1. The summed E-state index contributed by atoms with van der Waals surface area (Å²) in [6.07, 6.45) is -0.308. The Bertz CT molecular complexity index is 420. The van der Waals surface area contributed by atoms with Gasteiger partial charge in [-0.15, -0.1) is 0 Å². The second-order valence-corrected chi connectivity index (χ2v) is 6.02. The van der Waals surface area contributed by atoms with E-state index < -0.39 is 12.1 Å². The average molecular weight is 328 g/mol. The number of nitrogens with one attached hydrogen (secondary N) is 2. The molecule has 4 amide bonds. The maximum atomic E-state index is 12.0. The predicted octanol–water partition coefficient (Wildman–Crippen LogP) is 0.631. The summed E-state index contributed by atoms with van der Waals surface area (Å²) in [5.74, 6) is -0.0370. The largest absolute Gasteiger partial charge is 0.449 e. The lowest BCUT2D eigenvalue weighted by Crippen LogP contribution is -2.56. The van der Waals surface area contributed by atoms with Crippen molar-refractivity contribution in [2.24, 2.45) is 5.92 Å². The van der Waals surface area contributed by atoms with Crippen molar-refractivity contribution in [3.05, 3.63) is 0 Å². The Morgan fingerprint density at radius 2 is 1.70 bits per heavy atom. The molecule has 0 bridgehead atoms. The molecule has 1 aliphatic rings. The number of nitrogens with zero attached hydrogens (tertiary/aromatic N) is 2. The van der Waals surface area contributed by atoms with Crippen LogP contribution in [0, 0.1) is 5.92 Å². The summed E-state index contributed by atoms with van der Waals surface area (Å²) in [6.45, 7) is 10.5. The maximum absolute atomic E-state index is 12.0. The first-order valence-electron chi connectivity index (χ1n) is 8.09. The monoisotopic (exact) mass is 328 g/mol. The number of urea groups is 1. The number of amides is 4. The molecule has 8 heteroatoms. The van der Waals surface area contributed by atoms with Gasteiger partial charge in [0.05, 0.1) is 12.6 Å². The summed E-state index contributed by atoms with van der Waals surface area (Å²) in [4.78, 5) is 38.9. The van der Waals surface area contributed by atoms with Crippen LogP contribution in [0.1, 0.15) is 27.7 Å². The van der Waals surface area contributed by atoms with Gasteiger partial charge in [0.2, 0.25) is 5.91 Å². The minimum atomic E-state index is -0.486. The van der Waals surface area contributed by atoms with Crippen LogP contribution >= 0.6 is 0 Å². The predicted molar refractivity (Wildman–Crippen MR) is 86.0 cm³/mol. The molecule has 0 saturated carbocycles. The van der Waals surface area contributed by atoms with E-state index in [1.54, 1.807) is 18.7 Å². The van der Waals surface area contributed by atoms with Gasteiger partial charge in [0, 0.05) is 32.7 Å². The van der Waals surface area contributed by atoms with Crippen molar-refractivity contribution in [1.82, 2.24) is 20.4 Å². The summed E-state index contributed by atoms with van der Waals surface area (Å²) >= 11 is 0. The Balaban J connectivity index is 2.38. The van der Waals surface area contributed by atoms with Crippen LogP contribution in [0.25, 0.3) is 0 Å². The molecule has 1 saturated heterocycles. The highest BCUT2D eigenvalue weighted by Gasteiger charge is 2.28. The van der Waals surface area contributed by atoms with Crippen molar-refractivity contribution >= 4 is 18.0 Å². The highest BCUT2D eigenvalue weighted by Crippen LogP contribution is 2.08. The zero-order valence-corrected chi connectivity index (χ0v) is 14.4. The Morgan fingerprint density at radius 3 is 2.22 bits per heavy atom. The van der Waals surface area contributed by atoms with Gasteiger partial charge in [-0.1, -0.05) is 13.8 Å². The lowest BCUT2D eigenvalue weighted by atomic mass is 10.2. The SMILES string of the molecule is CCNC(=O)NC(=O)C(C)N1CCN(C(=O)OCC(C)C)CC1. The minimum Gasteiger partial charge on any atom is -0.449 e. The highest BCUT2D eigenvalue weighted by molar-refractivity contribution is 5.96. The third kappa shape index (κ3) is 6.43. The molecule has 1 aliphatic heterocycles.